The third-order valence-corrected chi connectivity index (χ3v) is 4.29. The van der Waals surface area contributed by atoms with E-state index in [0.717, 1.165) is 24.2 Å². The van der Waals surface area contributed by atoms with Crippen molar-refractivity contribution in [2.45, 2.75) is 12.8 Å². The molecule has 0 amide bonds. The summed E-state index contributed by atoms with van der Waals surface area (Å²) in [5.41, 5.74) is 1.63. The van der Waals surface area contributed by atoms with Crippen molar-refractivity contribution in [1.29, 1.82) is 0 Å². The van der Waals surface area contributed by atoms with Gasteiger partial charge in [-0.1, -0.05) is 29.8 Å². The van der Waals surface area contributed by atoms with Gasteiger partial charge in [0.1, 0.15) is 0 Å². The molecule has 0 aliphatic rings. The highest BCUT2D eigenvalue weighted by atomic mass is 35.5. The van der Waals surface area contributed by atoms with E-state index in [4.69, 9.17) is 11.6 Å². The van der Waals surface area contributed by atoms with Gasteiger partial charge in [0.2, 0.25) is 0 Å². The number of benzene rings is 1. The summed E-state index contributed by atoms with van der Waals surface area (Å²) in [6, 6.07) is 9.80. The van der Waals surface area contributed by atoms with Crippen molar-refractivity contribution in [3.63, 3.8) is 0 Å². The predicted molar refractivity (Wildman–Crippen MR) is 90.9 cm³/mol. The van der Waals surface area contributed by atoms with Gasteiger partial charge in [0.25, 0.3) is 0 Å². The van der Waals surface area contributed by atoms with E-state index in [1.165, 1.54) is 12.0 Å². The molecule has 3 nitrogen and oxygen atoms in total. The van der Waals surface area contributed by atoms with Crippen molar-refractivity contribution < 1.29 is 9.53 Å². The molecule has 0 saturated heterocycles. The Kier molecular flexibility index (Phi) is 7.57. The Morgan fingerprint density at radius 2 is 2.14 bits per heavy atom. The zero-order chi connectivity index (χ0) is 14.4. The van der Waals surface area contributed by atoms with Crippen molar-refractivity contribution in [3.05, 3.63) is 51.2 Å². The Balaban J connectivity index is 0.00000220. The monoisotopic (exact) mass is 345 g/mol. The molecule has 0 fully saturated rings. The van der Waals surface area contributed by atoms with Gasteiger partial charge < -0.3 is 10.1 Å². The summed E-state index contributed by atoms with van der Waals surface area (Å²) in [7, 11) is 1.37. The molecule has 0 saturated carbocycles. The Morgan fingerprint density at radius 3 is 2.81 bits per heavy atom. The third kappa shape index (κ3) is 5.23. The molecular weight excluding hydrogens is 329 g/mol. The van der Waals surface area contributed by atoms with Gasteiger partial charge in [-0.2, -0.15) is 0 Å². The van der Waals surface area contributed by atoms with Crippen LogP contribution in [0, 0.1) is 0 Å². The van der Waals surface area contributed by atoms with Crippen molar-refractivity contribution in [1.82, 2.24) is 0 Å². The van der Waals surface area contributed by atoms with E-state index < -0.39 is 0 Å². The zero-order valence-corrected chi connectivity index (χ0v) is 14.0. The first-order chi connectivity index (χ1) is 9.70. The second-order valence-corrected chi connectivity index (χ2v) is 5.70. The molecule has 6 heteroatoms. The number of carbonyl (C=O) groups excluding carboxylic acids is 1. The first-order valence-corrected chi connectivity index (χ1v) is 7.57. The van der Waals surface area contributed by atoms with Crippen LogP contribution in [0.2, 0.25) is 5.02 Å². The van der Waals surface area contributed by atoms with Gasteiger partial charge in [-0.3, -0.25) is 4.79 Å². The fourth-order valence-electron chi connectivity index (χ4n) is 1.86. The SMILES string of the molecule is COC(=O)Cc1cccc(NCCc2cccs2)c1Cl.Cl. The lowest BCUT2D eigenvalue weighted by Gasteiger charge is -2.11. The number of carbonyl (C=O) groups is 1. The molecule has 1 aromatic carbocycles. The molecule has 0 aliphatic heterocycles. The number of nitrogens with one attached hydrogen (secondary N) is 1. The largest absolute Gasteiger partial charge is 0.469 e. The molecule has 2 aromatic rings. The van der Waals surface area contributed by atoms with E-state index in [-0.39, 0.29) is 24.8 Å². The van der Waals surface area contributed by atoms with E-state index in [0.29, 0.717) is 5.02 Å². The second kappa shape index (κ2) is 8.93. The maximum absolute atomic E-state index is 11.3. The number of methoxy groups -OCH3 is 1. The summed E-state index contributed by atoms with van der Waals surface area (Å²) in [6.07, 6.45) is 1.14. The number of ether oxygens (including phenoxy) is 1. The molecule has 2 rings (SSSR count). The number of halogens is 2. The topological polar surface area (TPSA) is 38.3 Å². The van der Waals surface area contributed by atoms with Gasteiger partial charge in [-0.05, 0) is 29.5 Å². The Bertz CT molecular complexity index is 573. The quantitative estimate of drug-likeness (QED) is 0.797. The minimum absolute atomic E-state index is 0. The fourth-order valence-corrected chi connectivity index (χ4v) is 2.82. The van der Waals surface area contributed by atoms with Gasteiger partial charge in [-0.15, -0.1) is 23.7 Å². The van der Waals surface area contributed by atoms with Crippen LogP contribution in [0.25, 0.3) is 0 Å². The standard InChI is InChI=1S/C15H16ClNO2S.ClH/c1-19-14(18)10-11-4-2-6-13(15(11)16)17-8-7-12-5-3-9-20-12;/h2-6,9,17H,7-8,10H2,1H3;1H. The third-order valence-electron chi connectivity index (χ3n) is 2.91. The first-order valence-electron chi connectivity index (χ1n) is 6.31. The van der Waals surface area contributed by atoms with E-state index >= 15 is 0 Å². The molecule has 0 aliphatic carbocycles. The molecule has 0 bridgehead atoms. The van der Waals surface area contributed by atoms with E-state index in [1.54, 1.807) is 11.3 Å². The van der Waals surface area contributed by atoms with Gasteiger partial charge in [0.15, 0.2) is 0 Å². The number of esters is 1. The van der Waals surface area contributed by atoms with Crippen LogP contribution in [-0.2, 0) is 22.4 Å². The number of hydrogen-bond acceptors (Lipinski definition) is 4. The Hall–Kier alpha value is -1.23. The zero-order valence-electron chi connectivity index (χ0n) is 11.6. The summed E-state index contributed by atoms with van der Waals surface area (Å²) in [4.78, 5) is 12.6. The van der Waals surface area contributed by atoms with Crippen molar-refractivity contribution in [3.8, 4) is 0 Å². The summed E-state index contributed by atoms with van der Waals surface area (Å²) >= 11 is 8.05. The normalized spacial score (nSPS) is 9.81. The van der Waals surface area contributed by atoms with Gasteiger partial charge in [0.05, 0.1) is 24.2 Å². The number of rotatable bonds is 6. The van der Waals surface area contributed by atoms with E-state index in [9.17, 15) is 4.79 Å². The minimum atomic E-state index is -0.289. The van der Waals surface area contributed by atoms with Crippen LogP contribution in [0.5, 0.6) is 0 Å². The van der Waals surface area contributed by atoms with Crippen LogP contribution in [0.4, 0.5) is 5.69 Å². The maximum atomic E-state index is 11.3. The van der Waals surface area contributed by atoms with Crippen LogP contribution in [-0.4, -0.2) is 19.6 Å². The fraction of sp³-hybridized carbons (Fsp3) is 0.267. The summed E-state index contributed by atoms with van der Waals surface area (Å²) in [5, 5.41) is 5.96. The maximum Gasteiger partial charge on any atom is 0.310 e. The molecule has 21 heavy (non-hydrogen) atoms. The lowest BCUT2D eigenvalue weighted by molar-refractivity contribution is -0.139. The lowest BCUT2D eigenvalue weighted by atomic mass is 10.1. The molecule has 0 spiro atoms. The lowest BCUT2D eigenvalue weighted by Crippen LogP contribution is -2.08. The number of thiophene rings is 1. The van der Waals surface area contributed by atoms with Gasteiger partial charge in [-0.25, -0.2) is 0 Å². The Labute approximate surface area is 139 Å². The molecule has 0 radical (unpaired) electrons. The number of hydrogen-bond donors (Lipinski definition) is 1. The minimum Gasteiger partial charge on any atom is -0.469 e. The average Bonchev–Trinajstić information content (AvgIpc) is 2.96. The smallest absolute Gasteiger partial charge is 0.310 e. The summed E-state index contributed by atoms with van der Waals surface area (Å²) < 4.78 is 4.66. The van der Waals surface area contributed by atoms with Gasteiger partial charge >= 0.3 is 5.97 Å². The van der Waals surface area contributed by atoms with Crippen molar-refractivity contribution in [2.75, 3.05) is 19.0 Å². The first kappa shape index (κ1) is 17.8. The van der Waals surface area contributed by atoms with Gasteiger partial charge in [0, 0.05) is 11.4 Å². The second-order valence-electron chi connectivity index (χ2n) is 4.29. The highest BCUT2D eigenvalue weighted by molar-refractivity contribution is 7.09. The molecule has 1 heterocycles. The van der Waals surface area contributed by atoms with Crippen LogP contribution in [0.1, 0.15) is 10.4 Å². The van der Waals surface area contributed by atoms with Crippen molar-refractivity contribution in [2.24, 2.45) is 0 Å². The average molecular weight is 346 g/mol. The molecular formula is C15H17Cl2NO2S. The highest BCUT2D eigenvalue weighted by Gasteiger charge is 2.10. The van der Waals surface area contributed by atoms with Crippen LogP contribution in [0.3, 0.4) is 0 Å². The van der Waals surface area contributed by atoms with Crippen molar-refractivity contribution >= 4 is 47.0 Å². The molecule has 0 unspecified atom stereocenters. The van der Waals surface area contributed by atoms with E-state index in [1.807, 2.05) is 24.3 Å². The number of anilines is 1. The van der Waals surface area contributed by atoms with Crippen LogP contribution < -0.4 is 5.32 Å². The van der Waals surface area contributed by atoms with Crippen LogP contribution >= 0.6 is 35.3 Å². The summed E-state index contributed by atoms with van der Waals surface area (Å²) in [6.45, 7) is 0.807. The predicted octanol–water partition coefficient (Wildman–Crippen LogP) is 4.19. The summed E-state index contributed by atoms with van der Waals surface area (Å²) in [5.74, 6) is -0.289. The van der Waals surface area contributed by atoms with Crippen LogP contribution in [0.15, 0.2) is 35.7 Å². The molecule has 0 atom stereocenters. The van der Waals surface area contributed by atoms with E-state index in [2.05, 4.69) is 21.5 Å². The Morgan fingerprint density at radius 1 is 1.33 bits per heavy atom. The molecule has 114 valence electrons. The highest BCUT2D eigenvalue weighted by Crippen LogP contribution is 2.26. The molecule has 1 N–H and O–H groups in total. The molecule has 1 aromatic heterocycles.